The first-order valence-corrected chi connectivity index (χ1v) is 7.91. The highest BCUT2D eigenvalue weighted by molar-refractivity contribution is 6.04. The van der Waals surface area contributed by atoms with Crippen molar-refractivity contribution in [1.29, 1.82) is 0 Å². The smallest absolute Gasteiger partial charge is 0.252 e. The Morgan fingerprint density at radius 1 is 1.17 bits per heavy atom. The number of amides is 2. The van der Waals surface area contributed by atoms with Gasteiger partial charge >= 0.3 is 0 Å². The molecule has 1 N–H and O–H groups in total. The highest BCUT2D eigenvalue weighted by Gasteiger charge is 2.33. The lowest BCUT2D eigenvalue weighted by Gasteiger charge is -2.17. The molecule has 0 aromatic heterocycles. The monoisotopic (exact) mass is 326 g/mol. The molecule has 0 radical (unpaired) electrons. The second-order valence-corrected chi connectivity index (χ2v) is 6.10. The highest BCUT2D eigenvalue weighted by Crippen LogP contribution is 2.22. The van der Waals surface area contributed by atoms with Crippen LogP contribution in [0.5, 0.6) is 0 Å². The lowest BCUT2D eigenvalue weighted by molar-refractivity contribution is -0.118. The first kappa shape index (κ1) is 16.2. The van der Waals surface area contributed by atoms with Crippen LogP contribution in [-0.4, -0.2) is 24.4 Å². The number of rotatable bonds is 3. The molecule has 124 valence electrons. The van der Waals surface area contributed by atoms with Gasteiger partial charge in [0.2, 0.25) is 5.91 Å². The number of anilines is 1. The van der Waals surface area contributed by atoms with Gasteiger partial charge in [-0.15, -0.1) is 0 Å². The van der Waals surface area contributed by atoms with E-state index in [1.807, 2.05) is 32.0 Å². The largest absolute Gasteiger partial charge is 0.340 e. The van der Waals surface area contributed by atoms with Gasteiger partial charge in [-0.1, -0.05) is 17.7 Å². The van der Waals surface area contributed by atoms with Crippen molar-refractivity contribution in [3.05, 3.63) is 65.0 Å². The van der Waals surface area contributed by atoms with E-state index < -0.39 is 6.04 Å². The zero-order chi connectivity index (χ0) is 17.3. The maximum absolute atomic E-state index is 13.0. The highest BCUT2D eigenvalue weighted by atomic mass is 19.1. The summed E-state index contributed by atoms with van der Waals surface area (Å²) in [6, 6.07) is 10.9. The summed E-state index contributed by atoms with van der Waals surface area (Å²) < 4.78 is 13.0. The molecule has 0 saturated carbocycles. The molecule has 5 heteroatoms. The van der Waals surface area contributed by atoms with Gasteiger partial charge in [0.25, 0.3) is 5.91 Å². The van der Waals surface area contributed by atoms with Crippen LogP contribution >= 0.6 is 0 Å². The van der Waals surface area contributed by atoms with Crippen molar-refractivity contribution in [3.63, 3.8) is 0 Å². The SMILES string of the molecule is Cc1ccc(C)c(C(=O)N[C@H]2CCN(c3ccc(F)cc3)C2=O)c1. The van der Waals surface area contributed by atoms with Gasteiger partial charge in [0.15, 0.2) is 0 Å². The number of hydrogen-bond donors (Lipinski definition) is 1. The summed E-state index contributed by atoms with van der Waals surface area (Å²) in [6.07, 6.45) is 0.535. The summed E-state index contributed by atoms with van der Waals surface area (Å²) in [7, 11) is 0. The van der Waals surface area contributed by atoms with E-state index >= 15 is 0 Å². The number of hydrogen-bond acceptors (Lipinski definition) is 2. The Morgan fingerprint density at radius 3 is 2.58 bits per heavy atom. The fraction of sp³-hybridized carbons (Fsp3) is 0.263. The number of nitrogens with one attached hydrogen (secondary N) is 1. The van der Waals surface area contributed by atoms with Gasteiger partial charge in [-0.05, 0) is 56.2 Å². The molecule has 1 atom stereocenters. The summed E-state index contributed by atoms with van der Waals surface area (Å²) in [6.45, 7) is 4.30. The van der Waals surface area contributed by atoms with E-state index in [9.17, 15) is 14.0 Å². The fourth-order valence-electron chi connectivity index (χ4n) is 2.91. The van der Waals surface area contributed by atoms with Crippen molar-refractivity contribution in [1.82, 2.24) is 5.32 Å². The van der Waals surface area contributed by atoms with Crippen LogP contribution in [0.25, 0.3) is 0 Å². The van der Waals surface area contributed by atoms with Gasteiger partial charge in [0, 0.05) is 17.8 Å². The van der Waals surface area contributed by atoms with Crippen LogP contribution in [0.3, 0.4) is 0 Å². The minimum Gasteiger partial charge on any atom is -0.340 e. The molecule has 0 aliphatic carbocycles. The van der Waals surface area contributed by atoms with Crippen molar-refractivity contribution < 1.29 is 14.0 Å². The van der Waals surface area contributed by atoms with Crippen molar-refractivity contribution in [2.75, 3.05) is 11.4 Å². The molecule has 0 bridgehead atoms. The van der Waals surface area contributed by atoms with Gasteiger partial charge in [0.05, 0.1) is 0 Å². The van der Waals surface area contributed by atoms with Crippen LogP contribution in [0.15, 0.2) is 42.5 Å². The first-order chi connectivity index (χ1) is 11.5. The Hall–Kier alpha value is -2.69. The molecule has 4 nitrogen and oxygen atoms in total. The van der Waals surface area contributed by atoms with E-state index in [1.165, 1.54) is 12.1 Å². The maximum atomic E-state index is 13.0. The normalized spacial score (nSPS) is 17.2. The van der Waals surface area contributed by atoms with Crippen LogP contribution in [-0.2, 0) is 4.79 Å². The van der Waals surface area contributed by atoms with Crippen molar-refractivity contribution in [2.24, 2.45) is 0 Å². The quantitative estimate of drug-likeness (QED) is 0.943. The third-order valence-corrected chi connectivity index (χ3v) is 4.29. The van der Waals surface area contributed by atoms with Gasteiger partial charge in [-0.3, -0.25) is 9.59 Å². The summed E-state index contributed by atoms with van der Waals surface area (Å²) in [4.78, 5) is 26.6. The summed E-state index contributed by atoms with van der Waals surface area (Å²) in [5.41, 5.74) is 3.10. The molecule has 3 rings (SSSR count). The van der Waals surface area contributed by atoms with E-state index in [0.29, 0.717) is 24.2 Å². The van der Waals surface area contributed by atoms with Crippen molar-refractivity contribution in [3.8, 4) is 0 Å². The number of nitrogens with zero attached hydrogens (tertiary/aromatic N) is 1. The zero-order valence-electron chi connectivity index (χ0n) is 13.7. The number of halogens is 1. The number of aryl methyl sites for hydroxylation is 2. The molecule has 2 aromatic rings. The van der Waals surface area contributed by atoms with Gasteiger partial charge in [0.1, 0.15) is 11.9 Å². The topological polar surface area (TPSA) is 49.4 Å². The standard InChI is InChI=1S/C19H19FN2O2/c1-12-3-4-13(2)16(11-12)18(23)21-17-9-10-22(19(17)24)15-7-5-14(20)6-8-15/h3-8,11,17H,9-10H2,1-2H3,(H,21,23)/t17-/m0/s1. The molecule has 1 heterocycles. The minimum atomic E-state index is -0.553. The van der Waals surface area contributed by atoms with E-state index in [0.717, 1.165) is 11.1 Å². The average molecular weight is 326 g/mol. The number of carbonyl (C=O) groups is 2. The summed E-state index contributed by atoms with van der Waals surface area (Å²) >= 11 is 0. The van der Waals surface area contributed by atoms with Crippen LogP contribution < -0.4 is 10.2 Å². The lowest BCUT2D eigenvalue weighted by atomic mass is 10.0. The van der Waals surface area contributed by atoms with Crippen molar-refractivity contribution in [2.45, 2.75) is 26.3 Å². The molecule has 24 heavy (non-hydrogen) atoms. The molecule has 1 fully saturated rings. The van der Waals surface area contributed by atoms with E-state index in [1.54, 1.807) is 17.0 Å². The predicted octanol–water partition coefficient (Wildman–Crippen LogP) is 2.98. The maximum Gasteiger partial charge on any atom is 0.252 e. The average Bonchev–Trinajstić information content (AvgIpc) is 2.91. The van der Waals surface area contributed by atoms with Gasteiger partial charge in [-0.25, -0.2) is 4.39 Å². The Kier molecular flexibility index (Phi) is 4.34. The molecule has 1 saturated heterocycles. The van der Waals surface area contributed by atoms with Crippen LogP contribution in [0.2, 0.25) is 0 Å². The molecule has 0 unspecified atom stereocenters. The lowest BCUT2D eigenvalue weighted by Crippen LogP contribution is -2.41. The van der Waals surface area contributed by atoms with Gasteiger partial charge < -0.3 is 10.2 Å². The van der Waals surface area contributed by atoms with E-state index in [2.05, 4.69) is 5.32 Å². The van der Waals surface area contributed by atoms with Crippen LogP contribution in [0.4, 0.5) is 10.1 Å². The molecule has 1 aliphatic heterocycles. The second kappa shape index (κ2) is 6.43. The number of carbonyl (C=O) groups excluding carboxylic acids is 2. The predicted molar refractivity (Wildman–Crippen MR) is 90.5 cm³/mol. The fourth-order valence-corrected chi connectivity index (χ4v) is 2.91. The summed E-state index contributed by atoms with van der Waals surface area (Å²) in [5, 5.41) is 2.82. The third kappa shape index (κ3) is 3.15. The number of benzene rings is 2. The van der Waals surface area contributed by atoms with Crippen molar-refractivity contribution >= 4 is 17.5 Å². The third-order valence-electron chi connectivity index (χ3n) is 4.29. The second-order valence-electron chi connectivity index (χ2n) is 6.10. The Bertz CT molecular complexity index is 786. The minimum absolute atomic E-state index is 0.166. The molecule has 1 aliphatic rings. The first-order valence-electron chi connectivity index (χ1n) is 7.91. The molecule has 0 spiro atoms. The summed E-state index contributed by atoms with van der Waals surface area (Å²) in [5.74, 6) is -0.749. The molecular formula is C19H19FN2O2. The van der Waals surface area contributed by atoms with Crippen LogP contribution in [0, 0.1) is 19.7 Å². The Balaban J connectivity index is 1.72. The molecular weight excluding hydrogens is 307 g/mol. The Morgan fingerprint density at radius 2 is 1.88 bits per heavy atom. The van der Waals surface area contributed by atoms with Crippen LogP contribution in [0.1, 0.15) is 27.9 Å². The van der Waals surface area contributed by atoms with Gasteiger partial charge in [-0.2, -0.15) is 0 Å². The van der Waals surface area contributed by atoms with E-state index in [4.69, 9.17) is 0 Å². The zero-order valence-corrected chi connectivity index (χ0v) is 13.7. The molecule has 2 aromatic carbocycles. The Labute approximate surface area is 140 Å². The van der Waals surface area contributed by atoms with E-state index in [-0.39, 0.29) is 17.6 Å². The molecule has 2 amide bonds.